The lowest BCUT2D eigenvalue weighted by Gasteiger charge is -2.28. The summed E-state index contributed by atoms with van der Waals surface area (Å²) in [6.07, 6.45) is 7.11. The summed E-state index contributed by atoms with van der Waals surface area (Å²) in [6.45, 7) is 0.513. The second-order valence-corrected chi connectivity index (χ2v) is 4.84. The molecule has 0 bridgehead atoms. The third-order valence-electron chi connectivity index (χ3n) is 3.28. The number of anilines is 1. The first-order valence-corrected chi connectivity index (χ1v) is 5.98. The zero-order chi connectivity index (χ0) is 12.3. The van der Waals surface area contributed by atoms with Gasteiger partial charge in [0, 0.05) is 31.5 Å². The van der Waals surface area contributed by atoms with E-state index in [1.54, 1.807) is 12.4 Å². The van der Waals surface area contributed by atoms with Crippen LogP contribution in [0.5, 0.6) is 0 Å². The Balaban J connectivity index is 2.01. The van der Waals surface area contributed by atoms with E-state index in [0.29, 0.717) is 18.1 Å². The molecule has 0 aliphatic heterocycles. The average Bonchev–Trinajstić information content (AvgIpc) is 2.76. The molecule has 1 aromatic rings. The minimum Gasteiger partial charge on any atom is -0.392 e. The van der Waals surface area contributed by atoms with Gasteiger partial charge in [0.05, 0.1) is 12.2 Å². The number of aliphatic hydroxyl groups is 2. The second-order valence-electron chi connectivity index (χ2n) is 4.84. The van der Waals surface area contributed by atoms with Crippen molar-refractivity contribution in [2.75, 3.05) is 18.5 Å². The molecule has 2 N–H and O–H groups in total. The molecule has 17 heavy (non-hydrogen) atoms. The van der Waals surface area contributed by atoms with Crippen LogP contribution < -0.4 is 4.90 Å². The van der Waals surface area contributed by atoms with E-state index < -0.39 is 5.60 Å². The van der Waals surface area contributed by atoms with E-state index in [4.69, 9.17) is 5.11 Å². The van der Waals surface area contributed by atoms with Gasteiger partial charge in [-0.2, -0.15) is 0 Å². The van der Waals surface area contributed by atoms with Gasteiger partial charge < -0.3 is 15.1 Å². The Hall–Kier alpha value is -1.20. The van der Waals surface area contributed by atoms with Crippen molar-refractivity contribution in [1.29, 1.82) is 0 Å². The molecule has 1 aromatic heterocycles. The van der Waals surface area contributed by atoms with Crippen molar-refractivity contribution in [3.63, 3.8) is 0 Å². The highest BCUT2D eigenvalue weighted by molar-refractivity contribution is 5.29. The predicted octanol–water partition coefficient (Wildman–Crippen LogP) is 0.710. The monoisotopic (exact) mass is 237 g/mol. The van der Waals surface area contributed by atoms with E-state index in [1.165, 1.54) is 0 Å². The SMILES string of the molecule is CN(CC1(O)CCCC1)c1ncc(CO)cn1. The van der Waals surface area contributed by atoms with Crippen molar-refractivity contribution in [1.82, 2.24) is 9.97 Å². The van der Waals surface area contributed by atoms with Crippen LogP contribution in [0.1, 0.15) is 31.2 Å². The summed E-state index contributed by atoms with van der Waals surface area (Å²) in [5.74, 6) is 0.586. The molecule has 0 saturated heterocycles. The highest BCUT2D eigenvalue weighted by Gasteiger charge is 2.32. The maximum atomic E-state index is 10.3. The van der Waals surface area contributed by atoms with Crippen molar-refractivity contribution >= 4 is 5.95 Å². The molecular weight excluding hydrogens is 218 g/mol. The van der Waals surface area contributed by atoms with E-state index >= 15 is 0 Å². The Morgan fingerprint density at radius 3 is 2.41 bits per heavy atom. The lowest BCUT2D eigenvalue weighted by Crippen LogP contribution is -2.39. The third-order valence-corrected chi connectivity index (χ3v) is 3.28. The van der Waals surface area contributed by atoms with Crippen LogP contribution in [-0.4, -0.2) is 39.4 Å². The summed E-state index contributed by atoms with van der Waals surface area (Å²) >= 11 is 0. The van der Waals surface area contributed by atoms with Gasteiger partial charge in [0.25, 0.3) is 0 Å². The minimum atomic E-state index is -0.590. The Morgan fingerprint density at radius 2 is 1.88 bits per heavy atom. The van der Waals surface area contributed by atoms with Gasteiger partial charge in [-0.05, 0) is 12.8 Å². The molecule has 1 aliphatic rings. The third kappa shape index (κ3) is 2.92. The van der Waals surface area contributed by atoms with E-state index in [2.05, 4.69) is 9.97 Å². The number of hydrogen-bond donors (Lipinski definition) is 2. The zero-order valence-corrected chi connectivity index (χ0v) is 10.1. The highest BCUT2D eigenvalue weighted by atomic mass is 16.3. The summed E-state index contributed by atoms with van der Waals surface area (Å²) in [5.41, 5.74) is 0.107. The van der Waals surface area contributed by atoms with E-state index in [0.717, 1.165) is 25.7 Å². The fourth-order valence-corrected chi connectivity index (χ4v) is 2.33. The standard InChI is InChI=1S/C12H19N3O2/c1-15(9-12(17)4-2-3-5-12)11-13-6-10(8-16)7-14-11/h6-7,16-17H,2-5,8-9H2,1H3. The van der Waals surface area contributed by atoms with Crippen molar-refractivity contribution in [3.8, 4) is 0 Å². The van der Waals surface area contributed by atoms with Crippen LogP contribution in [0.2, 0.25) is 0 Å². The first-order valence-electron chi connectivity index (χ1n) is 5.98. The van der Waals surface area contributed by atoms with Gasteiger partial charge >= 0.3 is 0 Å². The molecule has 1 heterocycles. The van der Waals surface area contributed by atoms with Crippen LogP contribution in [0, 0.1) is 0 Å². The largest absolute Gasteiger partial charge is 0.392 e. The molecule has 5 heteroatoms. The normalized spacial score (nSPS) is 18.3. The van der Waals surface area contributed by atoms with E-state index in [9.17, 15) is 5.11 Å². The summed E-state index contributed by atoms with van der Waals surface area (Å²) < 4.78 is 0. The Labute approximate surface area is 101 Å². The van der Waals surface area contributed by atoms with Crippen LogP contribution in [0.25, 0.3) is 0 Å². The van der Waals surface area contributed by atoms with Gasteiger partial charge in [0.1, 0.15) is 0 Å². The Bertz CT molecular complexity index is 361. The first-order chi connectivity index (χ1) is 8.13. The van der Waals surface area contributed by atoms with Crippen LogP contribution in [0.3, 0.4) is 0 Å². The lowest BCUT2D eigenvalue weighted by molar-refractivity contribution is 0.0556. The van der Waals surface area contributed by atoms with Gasteiger partial charge in [-0.1, -0.05) is 12.8 Å². The number of rotatable bonds is 4. The molecule has 94 valence electrons. The van der Waals surface area contributed by atoms with Crippen molar-refractivity contribution < 1.29 is 10.2 Å². The quantitative estimate of drug-likeness (QED) is 0.807. The van der Waals surface area contributed by atoms with Crippen LogP contribution in [0.15, 0.2) is 12.4 Å². The van der Waals surface area contributed by atoms with Crippen molar-refractivity contribution in [3.05, 3.63) is 18.0 Å². The number of likely N-dealkylation sites (N-methyl/N-ethyl adjacent to an activating group) is 1. The maximum absolute atomic E-state index is 10.3. The van der Waals surface area contributed by atoms with Gasteiger partial charge in [-0.3, -0.25) is 0 Å². The molecule has 0 unspecified atom stereocenters. The number of hydrogen-bond acceptors (Lipinski definition) is 5. The van der Waals surface area contributed by atoms with E-state index in [1.807, 2.05) is 11.9 Å². The highest BCUT2D eigenvalue weighted by Crippen LogP contribution is 2.30. The van der Waals surface area contributed by atoms with Gasteiger partial charge in [0.15, 0.2) is 0 Å². The average molecular weight is 237 g/mol. The Morgan fingerprint density at radius 1 is 1.29 bits per heavy atom. The maximum Gasteiger partial charge on any atom is 0.225 e. The fourth-order valence-electron chi connectivity index (χ4n) is 2.33. The molecular formula is C12H19N3O2. The summed E-state index contributed by atoms with van der Waals surface area (Å²) in [7, 11) is 1.88. The van der Waals surface area contributed by atoms with E-state index in [-0.39, 0.29) is 6.61 Å². The summed E-state index contributed by atoms with van der Waals surface area (Å²) in [4.78, 5) is 10.2. The Kier molecular flexibility index (Phi) is 3.59. The number of nitrogens with zero attached hydrogens (tertiary/aromatic N) is 3. The van der Waals surface area contributed by atoms with Crippen LogP contribution >= 0.6 is 0 Å². The fraction of sp³-hybridized carbons (Fsp3) is 0.667. The minimum absolute atomic E-state index is 0.0477. The predicted molar refractivity (Wildman–Crippen MR) is 64.6 cm³/mol. The molecule has 0 aromatic carbocycles. The summed E-state index contributed by atoms with van der Waals surface area (Å²) in [6, 6.07) is 0. The van der Waals surface area contributed by atoms with Gasteiger partial charge in [0.2, 0.25) is 5.95 Å². The zero-order valence-electron chi connectivity index (χ0n) is 10.1. The van der Waals surface area contributed by atoms with Crippen LogP contribution in [-0.2, 0) is 6.61 Å². The van der Waals surface area contributed by atoms with Crippen molar-refractivity contribution in [2.45, 2.75) is 37.9 Å². The molecule has 5 nitrogen and oxygen atoms in total. The molecule has 1 saturated carbocycles. The van der Waals surface area contributed by atoms with Gasteiger partial charge in [-0.25, -0.2) is 9.97 Å². The lowest BCUT2D eigenvalue weighted by atomic mass is 10.0. The topological polar surface area (TPSA) is 69.5 Å². The molecule has 2 rings (SSSR count). The molecule has 1 fully saturated rings. The first kappa shape index (κ1) is 12.3. The number of aliphatic hydroxyl groups excluding tert-OH is 1. The smallest absolute Gasteiger partial charge is 0.225 e. The summed E-state index contributed by atoms with van der Waals surface area (Å²) in [5, 5.41) is 19.2. The molecule has 0 radical (unpaired) electrons. The molecule has 0 amide bonds. The van der Waals surface area contributed by atoms with Gasteiger partial charge in [-0.15, -0.1) is 0 Å². The van der Waals surface area contributed by atoms with Crippen molar-refractivity contribution in [2.24, 2.45) is 0 Å². The number of aromatic nitrogens is 2. The molecule has 1 aliphatic carbocycles. The molecule has 0 spiro atoms. The van der Waals surface area contributed by atoms with Crippen LogP contribution in [0.4, 0.5) is 5.95 Å². The second kappa shape index (κ2) is 4.98. The molecule has 0 atom stereocenters.